The first-order valence-corrected chi connectivity index (χ1v) is 20.3. The fourth-order valence-electron chi connectivity index (χ4n) is 9.30. The van der Waals surface area contributed by atoms with Gasteiger partial charge in [0, 0.05) is 24.5 Å². The fraction of sp³-hybridized carbons (Fsp3) is 0.208. The highest BCUT2D eigenvalue weighted by molar-refractivity contribution is 6.12. The van der Waals surface area contributed by atoms with Crippen molar-refractivity contribution in [3.05, 3.63) is 179 Å². The number of rotatable bonds is 13. The lowest BCUT2D eigenvalue weighted by Gasteiger charge is -2.49. The topological polar surface area (TPSA) is 147 Å². The number of methoxy groups -OCH3 is 1. The van der Waals surface area contributed by atoms with E-state index in [1.54, 1.807) is 7.11 Å². The molecule has 0 saturated heterocycles. The van der Waals surface area contributed by atoms with E-state index in [0.29, 0.717) is 44.9 Å². The highest BCUT2D eigenvalue weighted by atomic mass is 16.7. The average molecular weight is 802 g/mol. The zero-order valence-electron chi connectivity index (χ0n) is 34.1. The first-order valence-electron chi connectivity index (χ1n) is 20.3. The quantitative estimate of drug-likeness (QED) is 0.0444. The van der Waals surface area contributed by atoms with E-state index in [-0.39, 0.29) is 11.6 Å². The Bertz CT molecular complexity index is 2450. The normalized spacial score (nSPS) is 15.5. The number of fused-ring (bicyclic) bond motifs is 1. The smallest absolute Gasteiger partial charge is 0.181 e. The van der Waals surface area contributed by atoms with Crippen molar-refractivity contribution < 1.29 is 9.77 Å². The standard InChI is InChI=1S/C48H51N9O3/c1-4-33-53-52(2)43-41(34-19-9-5-10-20-34)42(49)44(46(56(51)57(58)59)45(43)55(53)39-29-31-40(60-3)32-30-39)54(38-27-15-8-16-28-38)47(35-21-11-6-12-22-35)48(50,37-25-17-18-26-37)36-23-13-7-14-24-36/h4-16,19-24,27-33,37,47H,17-18,25-26,49-51H2,1-3H3. The van der Waals surface area contributed by atoms with Crippen molar-refractivity contribution in [1.82, 2.24) is 5.12 Å². The molecule has 1 fully saturated rings. The van der Waals surface area contributed by atoms with Crippen LogP contribution in [0, 0.1) is 16.0 Å². The highest BCUT2D eigenvalue weighted by Gasteiger charge is 2.51. The molecule has 0 aromatic heterocycles. The van der Waals surface area contributed by atoms with E-state index in [1.165, 1.54) is 0 Å². The third-order valence-corrected chi connectivity index (χ3v) is 12.0. The van der Waals surface area contributed by atoms with Crippen LogP contribution in [-0.2, 0) is 5.54 Å². The number of para-hydroxylation sites is 1. The van der Waals surface area contributed by atoms with Crippen LogP contribution in [0.4, 0.5) is 39.8 Å². The van der Waals surface area contributed by atoms with Crippen LogP contribution in [0.2, 0.25) is 0 Å². The van der Waals surface area contributed by atoms with Crippen LogP contribution >= 0.6 is 0 Å². The second-order valence-electron chi connectivity index (χ2n) is 15.3. The molecule has 1 heterocycles. The van der Waals surface area contributed by atoms with Gasteiger partial charge in [-0.1, -0.05) is 128 Å². The monoisotopic (exact) mass is 801 g/mol. The molecule has 1 aliphatic heterocycles. The van der Waals surface area contributed by atoms with Gasteiger partial charge in [0.15, 0.2) is 10.7 Å². The maximum Gasteiger partial charge on any atom is 0.181 e. The lowest BCUT2D eigenvalue weighted by molar-refractivity contribution is -0.496. The van der Waals surface area contributed by atoms with E-state index in [2.05, 4.69) is 29.2 Å². The first kappa shape index (κ1) is 39.8. The predicted octanol–water partition coefficient (Wildman–Crippen LogP) is 9.99. The summed E-state index contributed by atoms with van der Waals surface area (Å²) in [4.78, 5) is 15.5. The van der Waals surface area contributed by atoms with Gasteiger partial charge in [0.2, 0.25) is 0 Å². The number of nitrogens with zero attached hydrogens (tertiary/aromatic N) is 6. The number of ether oxygens (including phenoxy) is 1. The van der Waals surface area contributed by atoms with Gasteiger partial charge in [0.1, 0.15) is 11.4 Å². The summed E-state index contributed by atoms with van der Waals surface area (Å²) in [5, 5.41) is 19.2. The van der Waals surface area contributed by atoms with Gasteiger partial charge >= 0.3 is 0 Å². The molecule has 1 aliphatic carbocycles. The maximum absolute atomic E-state index is 13.4. The second kappa shape index (κ2) is 16.7. The summed E-state index contributed by atoms with van der Waals surface area (Å²) >= 11 is 0. The SMILES string of the molecule is CC=CN1N(C)c2c(-c3ccccc3)c(N)c(N(c3ccccc3)C(c3ccccc3)C(N)(c3ccccc3)C3CCCC3)c(N(N)[N+](=O)[O-])c2N1c1ccc(OC)cc1. The molecule has 1 saturated carbocycles. The lowest BCUT2D eigenvalue weighted by atomic mass is 9.69. The summed E-state index contributed by atoms with van der Waals surface area (Å²) in [6, 6.07) is 47.1. The minimum absolute atomic E-state index is 0.0422. The Morgan fingerprint density at radius 2 is 1.38 bits per heavy atom. The van der Waals surface area contributed by atoms with Crippen LogP contribution in [0.15, 0.2) is 158 Å². The Morgan fingerprint density at radius 3 is 1.95 bits per heavy atom. The number of nitro groups is 1. The van der Waals surface area contributed by atoms with Gasteiger partial charge in [0.25, 0.3) is 0 Å². The van der Waals surface area contributed by atoms with Gasteiger partial charge in [-0.2, -0.15) is 11.0 Å². The number of allylic oxidation sites excluding steroid dienone is 1. The summed E-state index contributed by atoms with van der Waals surface area (Å²) in [5.74, 6) is 7.54. The van der Waals surface area contributed by atoms with Gasteiger partial charge in [0.05, 0.1) is 41.4 Å². The Kier molecular flexibility index (Phi) is 11.1. The summed E-state index contributed by atoms with van der Waals surface area (Å²) in [7, 11) is 3.52. The number of hydrogen-bond donors (Lipinski definition) is 3. The largest absolute Gasteiger partial charge is 0.497 e. The van der Waals surface area contributed by atoms with E-state index >= 15 is 0 Å². The molecule has 6 aromatic rings. The van der Waals surface area contributed by atoms with Gasteiger partial charge in [-0.15, -0.1) is 0 Å². The summed E-state index contributed by atoms with van der Waals surface area (Å²) in [6.07, 6.45) is 7.69. The summed E-state index contributed by atoms with van der Waals surface area (Å²) in [5.41, 5.74) is 21.4. The molecule has 6 aromatic carbocycles. The maximum atomic E-state index is 13.4. The van der Waals surface area contributed by atoms with Crippen LogP contribution in [0.5, 0.6) is 5.75 Å². The van der Waals surface area contributed by atoms with Crippen molar-refractivity contribution in [3.8, 4) is 16.9 Å². The van der Waals surface area contributed by atoms with Crippen LogP contribution in [0.25, 0.3) is 11.1 Å². The summed E-state index contributed by atoms with van der Waals surface area (Å²) < 4.78 is 5.55. The first-order chi connectivity index (χ1) is 29.2. The van der Waals surface area contributed by atoms with E-state index in [9.17, 15) is 10.1 Å². The molecule has 306 valence electrons. The molecule has 0 spiro atoms. The number of anilines is 7. The van der Waals surface area contributed by atoms with Gasteiger partial charge in [-0.05, 0) is 83.9 Å². The van der Waals surface area contributed by atoms with Crippen LogP contribution in [-0.4, -0.2) is 24.3 Å². The number of hydrazine groups is 4. The van der Waals surface area contributed by atoms with Gasteiger partial charge in [-0.25, -0.2) is 15.1 Å². The Labute approximate surface area is 351 Å². The molecule has 12 nitrogen and oxygen atoms in total. The molecular formula is C48H51N9O3. The molecule has 6 N–H and O–H groups in total. The van der Waals surface area contributed by atoms with E-state index < -0.39 is 16.6 Å². The molecule has 12 heteroatoms. The number of nitrogen functional groups attached to an aromatic ring is 1. The molecule has 0 radical (unpaired) electrons. The van der Waals surface area contributed by atoms with Crippen molar-refractivity contribution in [1.29, 1.82) is 0 Å². The highest BCUT2D eigenvalue weighted by Crippen LogP contribution is 2.63. The van der Waals surface area contributed by atoms with Crippen molar-refractivity contribution in [2.75, 3.05) is 39.9 Å². The number of nitrogens with two attached hydrogens (primary N) is 3. The number of hydrogen-bond acceptors (Lipinski definition) is 10. The third kappa shape index (κ3) is 6.79. The molecule has 2 aliphatic rings. The van der Waals surface area contributed by atoms with Crippen LogP contribution in [0.3, 0.4) is 0 Å². The molecule has 0 amide bonds. The van der Waals surface area contributed by atoms with E-state index in [0.717, 1.165) is 48.1 Å². The minimum Gasteiger partial charge on any atom is -0.497 e. The molecule has 0 bridgehead atoms. The molecular weight excluding hydrogens is 751 g/mol. The minimum atomic E-state index is -1.04. The van der Waals surface area contributed by atoms with Gasteiger partial charge in [-0.3, -0.25) is 5.01 Å². The predicted molar refractivity (Wildman–Crippen MR) is 242 cm³/mol. The zero-order chi connectivity index (χ0) is 42.0. The molecule has 60 heavy (non-hydrogen) atoms. The fourth-order valence-corrected chi connectivity index (χ4v) is 9.30. The van der Waals surface area contributed by atoms with Gasteiger partial charge < -0.3 is 21.1 Å². The lowest BCUT2D eigenvalue weighted by Crippen LogP contribution is -2.54. The molecule has 2 unspecified atom stereocenters. The Balaban J connectivity index is 1.58. The van der Waals surface area contributed by atoms with Crippen molar-refractivity contribution >= 4 is 39.8 Å². The molecule has 2 atom stereocenters. The second-order valence-corrected chi connectivity index (χ2v) is 15.3. The van der Waals surface area contributed by atoms with Crippen LogP contribution in [0.1, 0.15) is 49.8 Å². The Morgan fingerprint density at radius 1 is 0.817 bits per heavy atom. The average Bonchev–Trinajstić information content (AvgIpc) is 3.94. The Hall–Kier alpha value is -7.02. The van der Waals surface area contributed by atoms with Crippen molar-refractivity contribution in [2.45, 2.75) is 44.2 Å². The third-order valence-electron chi connectivity index (χ3n) is 12.0. The van der Waals surface area contributed by atoms with Crippen molar-refractivity contribution in [2.24, 2.45) is 17.5 Å². The molecule has 8 rings (SSSR count). The summed E-state index contributed by atoms with van der Waals surface area (Å²) in [6.45, 7) is 1.92. The number of benzene rings is 6. The van der Waals surface area contributed by atoms with E-state index in [1.807, 2.05) is 163 Å². The van der Waals surface area contributed by atoms with Crippen LogP contribution < -0.4 is 42.1 Å². The zero-order valence-corrected chi connectivity index (χ0v) is 34.1. The van der Waals surface area contributed by atoms with Crippen molar-refractivity contribution in [3.63, 3.8) is 0 Å². The van der Waals surface area contributed by atoms with E-state index in [4.69, 9.17) is 22.0 Å².